The van der Waals surface area contributed by atoms with Crippen LogP contribution < -0.4 is 10.2 Å². The molecule has 3 rings (SSSR count). The summed E-state index contributed by atoms with van der Waals surface area (Å²) in [7, 11) is 2.10. The van der Waals surface area contributed by atoms with E-state index in [4.69, 9.17) is 11.6 Å². The van der Waals surface area contributed by atoms with Gasteiger partial charge in [0.15, 0.2) is 0 Å². The van der Waals surface area contributed by atoms with Gasteiger partial charge < -0.3 is 15.1 Å². The van der Waals surface area contributed by atoms with Crippen LogP contribution in [0.4, 0.5) is 11.6 Å². The zero-order valence-electron chi connectivity index (χ0n) is 13.2. The van der Waals surface area contributed by atoms with Crippen LogP contribution in [-0.4, -0.2) is 54.0 Å². The first-order valence-electron chi connectivity index (χ1n) is 7.55. The molecule has 2 aromatic rings. The Morgan fingerprint density at radius 2 is 1.96 bits per heavy atom. The number of rotatable bonds is 3. The van der Waals surface area contributed by atoms with E-state index in [0.29, 0.717) is 16.4 Å². The van der Waals surface area contributed by atoms with E-state index in [1.165, 1.54) is 6.33 Å². The second-order valence-corrected chi connectivity index (χ2v) is 6.95. The second-order valence-electron chi connectivity index (χ2n) is 5.63. The molecule has 0 radical (unpaired) electrons. The Balaban J connectivity index is 1.75. The minimum absolute atomic E-state index is 0.302. The molecule has 1 aliphatic rings. The van der Waals surface area contributed by atoms with Gasteiger partial charge in [-0.05, 0) is 25.2 Å². The van der Waals surface area contributed by atoms with Crippen molar-refractivity contribution < 1.29 is 4.79 Å². The van der Waals surface area contributed by atoms with Gasteiger partial charge in [0.1, 0.15) is 18.0 Å². The number of likely N-dealkylation sites (N-methyl/N-ethyl adjacent to an activating group) is 1. The molecule has 1 amide bonds. The molecule has 1 aromatic carbocycles. The summed E-state index contributed by atoms with van der Waals surface area (Å²) >= 11 is 9.44. The number of carbonyl (C=O) groups is 1. The number of aromatic nitrogens is 2. The monoisotopic (exact) mass is 409 g/mol. The molecular weight excluding hydrogens is 394 g/mol. The van der Waals surface area contributed by atoms with E-state index in [1.54, 1.807) is 24.3 Å². The van der Waals surface area contributed by atoms with Crippen LogP contribution in [0.5, 0.6) is 0 Å². The average Bonchev–Trinajstić information content (AvgIpc) is 2.58. The van der Waals surface area contributed by atoms with E-state index >= 15 is 0 Å². The summed E-state index contributed by atoms with van der Waals surface area (Å²) in [6.45, 7) is 3.77. The highest BCUT2D eigenvalue weighted by atomic mass is 79.9. The molecule has 0 saturated carbocycles. The lowest BCUT2D eigenvalue weighted by Crippen LogP contribution is -2.44. The van der Waals surface area contributed by atoms with Gasteiger partial charge in [0.25, 0.3) is 5.91 Å². The number of hydrogen-bond acceptors (Lipinski definition) is 5. The lowest BCUT2D eigenvalue weighted by atomic mass is 10.2. The number of hydrogen-bond donors (Lipinski definition) is 1. The number of piperazine rings is 1. The van der Waals surface area contributed by atoms with Crippen molar-refractivity contribution in [2.24, 2.45) is 0 Å². The van der Waals surface area contributed by atoms with Gasteiger partial charge in [0, 0.05) is 36.7 Å². The largest absolute Gasteiger partial charge is 0.354 e. The molecule has 1 aliphatic heterocycles. The molecule has 0 bridgehead atoms. The highest BCUT2D eigenvalue weighted by Gasteiger charge is 2.17. The first-order valence-corrected chi connectivity index (χ1v) is 8.72. The summed E-state index contributed by atoms with van der Waals surface area (Å²) in [6.07, 6.45) is 1.46. The summed E-state index contributed by atoms with van der Waals surface area (Å²) in [5, 5.41) is 3.17. The van der Waals surface area contributed by atoms with Crippen molar-refractivity contribution in [1.82, 2.24) is 14.9 Å². The van der Waals surface area contributed by atoms with Crippen molar-refractivity contribution in [3.8, 4) is 0 Å². The normalized spacial score (nSPS) is 15.4. The van der Waals surface area contributed by atoms with Gasteiger partial charge in [0.2, 0.25) is 0 Å². The Kier molecular flexibility index (Phi) is 5.33. The first kappa shape index (κ1) is 17.1. The topological polar surface area (TPSA) is 61.4 Å². The maximum atomic E-state index is 12.4. The Morgan fingerprint density at radius 1 is 1.21 bits per heavy atom. The minimum Gasteiger partial charge on any atom is -0.354 e. The molecule has 6 nitrogen and oxygen atoms in total. The van der Waals surface area contributed by atoms with Crippen molar-refractivity contribution in [2.45, 2.75) is 0 Å². The van der Waals surface area contributed by atoms with Crippen LogP contribution in [0.2, 0.25) is 5.02 Å². The SMILES string of the molecule is CN1CCN(c2cc(NC(=O)c3cc(Br)ccc3Cl)ncn2)CC1. The van der Waals surface area contributed by atoms with Gasteiger partial charge in [0.05, 0.1) is 10.6 Å². The second kappa shape index (κ2) is 7.46. The highest BCUT2D eigenvalue weighted by Crippen LogP contribution is 2.22. The van der Waals surface area contributed by atoms with Crippen molar-refractivity contribution in [2.75, 3.05) is 43.4 Å². The molecule has 0 unspecified atom stereocenters. The highest BCUT2D eigenvalue weighted by molar-refractivity contribution is 9.10. The van der Waals surface area contributed by atoms with E-state index in [1.807, 2.05) is 0 Å². The van der Waals surface area contributed by atoms with Gasteiger partial charge >= 0.3 is 0 Å². The van der Waals surface area contributed by atoms with Crippen molar-refractivity contribution in [3.05, 3.63) is 45.7 Å². The van der Waals surface area contributed by atoms with Gasteiger partial charge in [-0.15, -0.1) is 0 Å². The van der Waals surface area contributed by atoms with E-state index < -0.39 is 0 Å². The number of benzene rings is 1. The van der Waals surface area contributed by atoms with Crippen LogP contribution in [0, 0.1) is 0 Å². The van der Waals surface area contributed by atoms with Gasteiger partial charge in [-0.1, -0.05) is 27.5 Å². The molecule has 1 aromatic heterocycles. The maximum Gasteiger partial charge on any atom is 0.258 e. The maximum absolute atomic E-state index is 12.4. The van der Waals surface area contributed by atoms with Crippen LogP contribution in [0.25, 0.3) is 0 Å². The molecule has 126 valence electrons. The molecular formula is C16H17BrClN5O. The molecule has 1 N–H and O–H groups in total. The summed E-state index contributed by atoms with van der Waals surface area (Å²) in [5.41, 5.74) is 0.394. The van der Waals surface area contributed by atoms with Crippen LogP contribution in [-0.2, 0) is 0 Å². The fourth-order valence-corrected chi connectivity index (χ4v) is 3.04. The molecule has 0 atom stereocenters. The summed E-state index contributed by atoms with van der Waals surface area (Å²) < 4.78 is 0.790. The molecule has 2 heterocycles. The van der Waals surface area contributed by atoms with Crippen LogP contribution in [0.15, 0.2) is 35.1 Å². The Bertz CT molecular complexity index is 749. The van der Waals surface area contributed by atoms with Crippen LogP contribution >= 0.6 is 27.5 Å². The fraction of sp³-hybridized carbons (Fsp3) is 0.312. The van der Waals surface area contributed by atoms with Crippen molar-refractivity contribution >= 4 is 45.1 Å². The third-order valence-electron chi connectivity index (χ3n) is 3.89. The van der Waals surface area contributed by atoms with Gasteiger partial charge in [-0.25, -0.2) is 9.97 Å². The smallest absolute Gasteiger partial charge is 0.258 e. The zero-order valence-corrected chi connectivity index (χ0v) is 15.5. The number of nitrogens with zero attached hydrogens (tertiary/aromatic N) is 4. The average molecular weight is 411 g/mol. The number of anilines is 2. The summed E-state index contributed by atoms with van der Waals surface area (Å²) in [5.74, 6) is 0.970. The standard InChI is InChI=1S/C16H17BrClN5O/c1-22-4-6-23(7-5-22)15-9-14(19-10-20-15)21-16(24)12-8-11(17)2-3-13(12)18/h2-3,8-10H,4-7H2,1H3,(H,19,20,21,24). The van der Waals surface area contributed by atoms with Gasteiger partial charge in [-0.3, -0.25) is 4.79 Å². The predicted molar refractivity (Wildman–Crippen MR) is 98.8 cm³/mol. The summed E-state index contributed by atoms with van der Waals surface area (Å²) in [4.78, 5) is 25.3. The number of amides is 1. The minimum atomic E-state index is -0.302. The molecule has 1 saturated heterocycles. The Labute approximate surface area is 154 Å². The third-order valence-corrected chi connectivity index (χ3v) is 4.72. The number of carbonyl (C=O) groups excluding carboxylic acids is 1. The van der Waals surface area contributed by atoms with Gasteiger partial charge in [-0.2, -0.15) is 0 Å². The third kappa shape index (κ3) is 4.03. The molecule has 1 fully saturated rings. The molecule has 0 spiro atoms. The lowest BCUT2D eigenvalue weighted by molar-refractivity contribution is 0.102. The summed E-state index contributed by atoms with van der Waals surface area (Å²) in [6, 6.07) is 6.93. The van der Waals surface area contributed by atoms with E-state index in [0.717, 1.165) is 36.5 Å². The number of nitrogens with one attached hydrogen (secondary N) is 1. The molecule has 0 aliphatic carbocycles. The van der Waals surface area contributed by atoms with Crippen LogP contribution in [0.1, 0.15) is 10.4 Å². The predicted octanol–water partition coefficient (Wildman–Crippen LogP) is 2.90. The first-order chi connectivity index (χ1) is 11.5. The zero-order chi connectivity index (χ0) is 17.1. The Hall–Kier alpha value is -1.70. The van der Waals surface area contributed by atoms with Crippen LogP contribution in [0.3, 0.4) is 0 Å². The Morgan fingerprint density at radius 3 is 2.71 bits per heavy atom. The number of halogens is 2. The van der Waals surface area contributed by atoms with E-state index in [2.05, 4.69) is 48.1 Å². The van der Waals surface area contributed by atoms with Crippen molar-refractivity contribution in [3.63, 3.8) is 0 Å². The quantitative estimate of drug-likeness (QED) is 0.843. The molecule has 24 heavy (non-hydrogen) atoms. The van der Waals surface area contributed by atoms with E-state index in [-0.39, 0.29) is 5.91 Å². The van der Waals surface area contributed by atoms with Crippen molar-refractivity contribution in [1.29, 1.82) is 0 Å². The fourth-order valence-electron chi connectivity index (χ4n) is 2.48. The lowest BCUT2D eigenvalue weighted by Gasteiger charge is -2.33. The molecule has 8 heteroatoms. The van der Waals surface area contributed by atoms with E-state index in [9.17, 15) is 4.79 Å².